The molecule has 152 valence electrons. The fraction of sp³-hybridized carbons (Fsp3) is 0.438. The van der Waals surface area contributed by atoms with Gasteiger partial charge in [-0.05, 0) is 50.2 Å². The van der Waals surface area contributed by atoms with Crippen LogP contribution in [-0.4, -0.2) is 40.4 Å². The Bertz CT molecular complexity index is 809. The maximum atomic E-state index is 12.3. The van der Waals surface area contributed by atoms with Crippen molar-refractivity contribution in [1.82, 2.24) is 20.3 Å². The Morgan fingerprint density at radius 2 is 1.64 bits per heavy atom. The van der Waals surface area contributed by atoms with Gasteiger partial charge in [0.2, 0.25) is 9.74 Å². The Labute approximate surface area is 173 Å². The number of hydrogen-bond donors (Lipinski definition) is 2. The molecule has 1 aromatic carbocycles. The van der Waals surface area contributed by atoms with Crippen LogP contribution in [0.1, 0.15) is 18.7 Å². The van der Waals surface area contributed by atoms with Crippen molar-refractivity contribution in [3.63, 3.8) is 0 Å². The summed E-state index contributed by atoms with van der Waals surface area (Å²) in [6, 6.07) is 5.21. The lowest BCUT2D eigenvalue weighted by Gasteiger charge is -2.24. The third kappa shape index (κ3) is 5.97. The quantitative estimate of drug-likeness (QED) is 0.663. The van der Waals surface area contributed by atoms with Crippen molar-refractivity contribution in [3.05, 3.63) is 30.1 Å². The lowest BCUT2D eigenvalue weighted by atomic mass is 10.1. The number of halogens is 6. The lowest BCUT2D eigenvalue weighted by molar-refractivity contribution is -0.274. The molecule has 2 N–H and O–H groups in total. The summed E-state index contributed by atoms with van der Waals surface area (Å²) in [7, 11) is 0. The number of alkyl halides is 6. The third-order valence-corrected chi connectivity index (χ3v) is 4.41. The van der Waals surface area contributed by atoms with Gasteiger partial charge in [-0.15, -0.1) is 13.2 Å². The van der Waals surface area contributed by atoms with Crippen LogP contribution in [0.5, 0.6) is 5.75 Å². The minimum absolute atomic E-state index is 0.0884. The summed E-state index contributed by atoms with van der Waals surface area (Å²) in [5.41, 5.74) is 0.417. The van der Waals surface area contributed by atoms with E-state index in [1.165, 1.54) is 12.1 Å². The van der Waals surface area contributed by atoms with Crippen LogP contribution in [0.2, 0.25) is 0 Å². The van der Waals surface area contributed by atoms with Gasteiger partial charge in [0.05, 0.1) is 0 Å². The summed E-state index contributed by atoms with van der Waals surface area (Å²) in [4.78, 5) is 12.6. The van der Waals surface area contributed by atoms with Gasteiger partial charge in [-0.3, -0.25) is 0 Å². The molecular formula is C16H15Cl3F3N5O. The molecule has 3 rings (SSSR count). The van der Waals surface area contributed by atoms with E-state index in [4.69, 9.17) is 34.8 Å². The molecule has 0 unspecified atom stereocenters. The van der Waals surface area contributed by atoms with E-state index in [-0.39, 0.29) is 29.4 Å². The lowest BCUT2D eigenvalue weighted by Crippen LogP contribution is -2.36. The van der Waals surface area contributed by atoms with Gasteiger partial charge in [-0.25, -0.2) is 4.98 Å². The minimum atomic E-state index is -4.77. The highest BCUT2D eigenvalue weighted by Gasteiger charge is 2.31. The van der Waals surface area contributed by atoms with Crippen molar-refractivity contribution in [2.75, 3.05) is 18.4 Å². The molecule has 2 aromatic rings. The molecule has 1 aromatic heterocycles. The second-order valence-electron chi connectivity index (χ2n) is 6.04. The van der Waals surface area contributed by atoms with E-state index >= 15 is 0 Å². The second-order valence-corrected chi connectivity index (χ2v) is 8.33. The number of hydrogen-bond acceptors (Lipinski definition) is 6. The molecule has 28 heavy (non-hydrogen) atoms. The molecule has 0 bridgehead atoms. The number of nitrogens with zero attached hydrogens (tertiary/aromatic N) is 3. The van der Waals surface area contributed by atoms with E-state index in [0.29, 0.717) is 5.56 Å². The molecule has 0 saturated carbocycles. The van der Waals surface area contributed by atoms with Crippen LogP contribution in [0.3, 0.4) is 0 Å². The summed E-state index contributed by atoms with van der Waals surface area (Å²) in [6.45, 7) is 1.71. The number of aromatic nitrogens is 3. The standard InChI is InChI=1S/C16H15Cl3F3N5O/c17-15(18,19)13-25-12(9-1-3-11(4-2-9)28-16(20,21)22)26-14(27-13)24-10-5-7-23-8-6-10/h1-4,10,23H,5-8H2,(H,24,25,26,27). The van der Waals surface area contributed by atoms with Gasteiger partial charge in [0.1, 0.15) is 5.75 Å². The molecule has 2 heterocycles. The van der Waals surface area contributed by atoms with Crippen LogP contribution in [0.15, 0.2) is 24.3 Å². The van der Waals surface area contributed by atoms with Crippen molar-refractivity contribution in [1.29, 1.82) is 0 Å². The van der Waals surface area contributed by atoms with Gasteiger partial charge in [-0.1, -0.05) is 34.8 Å². The molecule has 0 aliphatic carbocycles. The van der Waals surface area contributed by atoms with Crippen molar-refractivity contribution in [2.24, 2.45) is 0 Å². The zero-order valence-corrected chi connectivity index (χ0v) is 16.5. The molecule has 1 saturated heterocycles. The topological polar surface area (TPSA) is 72.0 Å². The molecule has 0 spiro atoms. The van der Waals surface area contributed by atoms with Crippen molar-refractivity contribution >= 4 is 40.8 Å². The monoisotopic (exact) mass is 455 g/mol. The Morgan fingerprint density at radius 1 is 1.00 bits per heavy atom. The Hall–Kier alpha value is -1.55. The molecule has 12 heteroatoms. The first-order chi connectivity index (χ1) is 13.1. The summed E-state index contributed by atoms with van der Waals surface area (Å²) < 4.78 is 38.9. The molecular weight excluding hydrogens is 442 g/mol. The maximum absolute atomic E-state index is 12.3. The zero-order chi connectivity index (χ0) is 20.4. The number of anilines is 1. The van der Waals surface area contributed by atoms with E-state index in [1.807, 2.05) is 0 Å². The first-order valence-corrected chi connectivity index (χ1v) is 9.40. The van der Waals surface area contributed by atoms with Gasteiger partial charge < -0.3 is 15.4 Å². The fourth-order valence-electron chi connectivity index (χ4n) is 2.65. The number of nitrogens with one attached hydrogen (secondary N) is 2. The Kier molecular flexibility index (Phi) is 6.38. The van der Waals surface area contributed by atoms with Crippen molar-refractivity contribution < 1.29 is 17.9 Å². The van der Waals surface area contributed by atoms with Crippen LogP contribution in [0, 0.1) is 0 Å². The third-order valence-electron chi connectivity index (χ3n) is 3.91. The highest BCUT2D eigenvalue weighted by Crippen LogP contribution is 2.37. The first kappa shape index (κ1) is 21.2. The van der Waals surface area contributed by atoms with Gasteiger partial charge in [-0.2, -0.15) is 9.97 Å². The minimum Gasteiger partial charge on any atom is -0.406 e. The van der Waals surface area contributed by atoms with E-state index in [9.17, 15) is 13.2 Å². The predicted octanol–water partition coefficient (Wildman–Crippen LogP) is 4.43. The summed E-state index contributed by atoms with van der Waals surface area (Å²) in [6.07, 6.45) is -3.04. The predicted molar refractivity (Wildman–Crippen MR) is 101 cm³/mol. The maximum Gasteiger partial charge on any atom is 0.573 e. The summed E-state index contributed by atoms with van der Waals surface area (Å²) in [5.74, 6) is -0.0605. The number of rotatable bonds is 4. The average molecular weight is 457 g/mol. The number of piperidine rings is 1. The molecule has 0 amide bonds. The molecule has 0 radical (unpaired) electrons. The first-order valence-electron chi connectivity index (χ1n) is 8.27. The Morgan fingerprint density at radius 3 is 2.21 bits per heavy atom. The van der Waals surface area contributed by atoms with Gasteiger partial charge in [0.25, 0.3) is 0 Å². The number of ether oxygens (including phenoxy) is 1. The van der Waals surface area contributed by atoms with E-state index < -0.39 is 10.2 Å². The second kappa shape index (κ2) is 8.44. The molecule has 1 aliphatic rings. The van der Waals surface area contributed by atoms with E-state index in [0.717, 1.165) is 38.1 Å². The fourth-order valence-corrected chi connectivity index (χ4v) is 2.90. The molecule has 1 aliphatic heterocycles. The van der Waals surface area contributed by atoms with E-state index in [2.05, 4.69) is 30.3 Å². The van der Waals surface area contributed by atoms with E-state index in [1.54, 1.807) is 0 Å². The average Bonchev–Trinajstić information content (AvgIpc) is 2.61. The normalized spacial score (nSPS) is 16.1. The Balaban J connectivity index is 1.89. The summed E-state index contributed by atoms with van der Waals surface area (Å²) in [5, 5.41) is 6.44. The smallest absolute Gasteiger partial charge is 0.406 e. The van der Waals surface area contributed by atoms with Crippen LogP contribution in [0.25, 0.3) is 11.4 Å². The molecule has 1 fully saturated rings. The van der Waals surface area contributed by atoms with Crippen molar-refractivity contribution in [2.45, 2.75) is 29.0 Å². The zero-order valence-electron chi connectivity index (χ0n) is 14.2. The SMILES string of the molecule is FC(F)(F)Oc1ccc(-c2nc(NC3CCNCC3)nc(C(Cl)(Cl)Cl)n2)cc1. The molecule has 0 atom stereocenters. The van der Waals surface area contributed by atoms with Crippen LogP contribution < -0.4 is 15.4 Å². The van der Waals surface area contributed by atoms with Gasteiger partial charge in [0, 0.05) is 11.6 Å². The highest BCUT2D eigenvalue weighted by atomic mass is 35.6. The largest absolute Gasteiger partial charge is 0.573 e. The van der Waals surface area contributed by atoms with Crippen LogP contribution >= 0.6 is 34.8 Å². The number of benzene rings is 1. The highest BCUT2D eigenvalue weighted by molar-refractivity contribution is 6.66. The van der Waals surface area contributed by atoms with Crippen molar-refractivity contribution in [3.8, 4) is 17.1 Å². The van der Waals surface area contributed by atoms with Crippen LogP contribution in [0.4, 0.5) is 19.1 Å². The van der Waals surface area contributed by atoms with Gasteiger partial charge >= 0.3 is 6.36 Å². The molecule has 6 nitrogen and oxygen atoms in total. The van der Waals surface area contributed by atoms with Gasteiger partial charge in [0.15, 0.2) is 11.6 Å². The summed E-state index contributed by atoms with van der Waals surface area (Å²) >= 11 is 17.8. The van der Waals surface area contributed by atoms with Crippen LogP contribution in [-0.2, 0) is 3.79 Å².